The molecule has 4 atom stereocenters. The van der Waals surface area contributed by atoms with E-state index >= 15 is 0 Å². The van der Waals surface area contributed by atoms with Crippen molar-refractivity contribution in [2.24, 2.45) is 5.92 Å². The zero-order valence-corrected chi connectivity index (χ0v) is 22.4. The van der Waals surface area contributed by atoms with Crippen LogP contribution >= 0.6 is 0 Å². The second-order valence-corrected chi connectivity index (χ2v) is 10.3. The van der Waals surface area contributed by atoms with E-state index in [1.54, 1.807) is 12.2 Å². The summed E-state index contributed by atoms with van der Waals surface area (Å²) in [5.41, 5.74) is 0.676. The molecule has 35 heavy (non-hydrogen) atoms. The lowest BCUT2D eigenvalue weighted by molar-refractivity contribution is -0.383. The predicted molar refractivity (Wildman–Crippen MR) is 139 cm³/mol. The van der Waals surface area contributed by atoms with Crippen molar-refractivity contribution in [3.63, 3.8) is 0 Å². The third-order valence-electron chi connectivity index (χ3n) is 7.92. The maximum Gasteiger partial charge on any atom is 0.175 e. The fourth-order valence-electron chi connectivity index (χ4n) is 5.20. The summed E-state index contributed by atoms with van der Waals surface area (Å²) in [6, 6.07) is 8.27. The van der Waals surface area contributed by atoms with Crippen LogP contribution in [0.3, 0.4) is 0 Å². The van der Waals surface area contributed by atoms with Crippen LogP contribution in [0.15, 0.2) is 49.6 Å². The van der Waals surface area contributed by atoms with Gasteiger partial charge in [0.2, 0.25) is 0 Å². The molecular weight excluding hydrogens is 442 g/mol. The molecule has 0 radical (unpaired) electrons. The van der Waals surface area contributed by atoms with E-state index in [9.17, 15) is 0 Å². The first-order valence-corrected chi connectivity index (χ1v) is 13.0. The van der Waals surface area contributed by atoms with Gasteiger partial charge >= 0.3 is 0 Å². The Kier molecular flexibility index (Phi) is 9.58. The first-order valence-electron chi connectivity index (χ1n) is 13.0. The van der Waals surface area contributed by atoms with Crippen LogP contribution in [-0.4, -0.2) is 61.1 Å². The van der Waals surface area contributed by atoms with Crippen LogP contribution in [0.25, 0.3) is 0 Å². The van der Waals surface area contributed by atoms with Gasteiger partial charge in [0.25, 0.3) is 0 Å². The van der Waals surface area contributed by atoms with Crippen LogP contribution in [0.1, 0.15) is 59.4 Å². The second-order valence-electron chi connectivity index (χ2n) is 10.3. The number of ether oxygens (including phenoxy) is 4. The average Bonchev–Trinajstić information content (AvgIpc) is 3.71. The molecule has 6 heteroatoms. The SMILES string of the molecule is C=CCOC1(OCC=C)CC(C)(CC)N(OCCc2ccc(OCC3CO3)cc2)C(C)(CC)C1C. The fraction of sp³-hybridized carbons (Fsp3) is 0.655. The van der Waals surface area contributed by atoms with Gasteiger partial charge in [0, 0.05) is 17.9 Å². The number of nitrogens with zero attached hydrogens (tertiary/aromatic N) is 1. The van der Waals surface area contributed by atoms with Gasteiger partial charge in [-0.1, -0.05) is 45.1 Å². The minimum Gasteiger partial charge on any atom is -0.491 e. The monoisotopic (exact) mass is 487 g/mol. The Hall–Kier alpha value is -1.70. The van der Waals surface area contributed by atoms with Gasteiger partial charge in [0.05, 0.1) is 32.0 Å². The highest BCUT2D eigenvalue weighted by Gasteiger charge is 2.61. The van der Waals surface area contributed by atoms with E-state index in [-0.39, 0.29) is 23.1 Å². The van der Waals surface area contributed by atoms with E-state index in [0.29, 0.717) is 32.8 Å². The molecule has 1 aromatic carbocycles. The summed E-state index contributed by atoms with van der Waals surface area (Å²) in [4.78, 5) is 6.62. The number of benzene rings is 1. The minimum atomic E-state index is -0.737. The maximum absolute atomic E-state index is 6.62. The Balaban J connectivity index is 1.72. The molecule has 0 N–H and O–H groups in total. The second kappa shape index (κ2) is 12.0. The maximum atomic E-state index is 6.62. The molecule has 2 heterocycles. The third kappa shape index (κ3) is 6.36. The molecule has 2 fully saturated rings. The van der Waals surface area contributed by atoms with E-state index < -0.39 is 5.79 Å². The Morgan fingerprint density at radius 1 is 1.06 bits per heavy atom. The third-order valence-corrected chi connectivity index (χ3v) is 7.92. The molecule has 0 aromatic heterocycles. The van der Waals surface area contributed by atoms with E-state index in [4.69, 9.17) is 23.8 Å². The molecular formula is C29H45NO5. The summed E-state index contributed by atoms with van der Waals surface area (Å²) >= 11 is 0. The highest BCUT2D eigenvalue weighted by Crippen LogP contribution is 2.52. The summed E-state index contributed by atoms with van der Waals surface area (Å²) in [6.45, 7) is 21.8. The van der Waals surface area contributed by atoms with E-state index in [1.807, 2.05) is 12.1 Å². The molecule has 2 saturated heterocycles. The van der Waals surface area contributed by atoms with Crippen molar-refractivity contribution >= 4 is 0 Å². The van der Waals surface area contributed by atoms with E-state index in [0.717, 1.165) is 31.6 Å². The molecule has 4 unspecified atom stereocenters. The Bertz CT molecular complexity index is 811. The summed E-state index contributed by atoms with van der Waals surface area (Å²) in [7, 11) is 0. The van der Waals surface area contributed by atoms with Crippen LogP contribution in [0, 0.1) is 5.92 Å². The molecule has 1 aromatic rings. The lowest BCUT2D eigenvalue weighted by Crippen LogP contribution is -2.72. The van der Waals surface area contributed by atoms with Crippen LogP contribution in [0.2, 0.25) is 0 Å². The molecule has 0 spiro atoms. The van der Waals surface area contributed by atoms with Gasteiger partial charge in [-0.2, -0.15) is 5.06 Å². The van der Waals surface area contributed by atoms with Crippen molar-refractivity contribution < 1.29 is 23.8 Å². The predicted octanol–water partition coefficient (Wildman–Crippen LogP) is 5.72. The number of hydrogen-bond acceptors (Lipinski definition) is 6. The molecule has 0 saturated carbocycles. The normalized spacial score (nSPS) is 30.1. The van der Waals surface area contributed by atoms with Crippen LogP contribution in [0.5, 0.6) is 5.75 Å². The van der Waals surface area contributed by atoms with Crippen LogP contribution in [0.4, 0.5) is 0 Å². The smallest absolute Gasteiger partial charge is 0.175 e. The summed E-state index contributed by atoms with van der Waals surface area (Å²) in [6.07, 6.45) is 7.17. The molecule has 2 aliphatic heterocycles. The standard InChI is InChI=1S/C29H45NO5/c1-8-17-33-29(34-18-9-2)22-27(6,10-3)30(28(7,11-4)23(29)5)35-19-16-24-12-14-25(15-13-24)31-20-26-21-32-26/h8-9,12-15,23,26H,1-2,10-11,16-22H2,3-7H3. The summed E-state index contributed by atoms with van der Waals surface area (Å²) in [5.74, 6) is 0.202. The van der Waals surface area contributed by atoms with Crippen molar-refractivity contribution in [2.45, 2.75) is 83.3 Å². The largest absolute Gasteiger partial charge is 0.491 e. The quantitative estimate of drug-likeness (QED) is 0.179. The van der Waals surface area contributed by atoms with Gasteiger partial charge in [-0.15, -0.1) is 13.2 Å². The zero-order chi connectivity index (χ0) is 25.5. The number of hydrogen-bond donors (Lipinski definition) is 0. The van der Waals surface area contributed by atoms with Crippen molar-refractivity contribution in [1.29, 1.82) is 0 Å². The van der Waals surface area contributed by atoms with E-state index in [1.165, 1.54) is 5.56 Å². The van der Waals surface area contributed by atoms with Gasteiger partial charge < -0.3 is 18.9 Å². The van der Waals surface area contributed by atoms with E-state index in [2.05, 4.69) is 65.0 Å². The molecule has 196 valence electrons. The summed E-state index contributed by atoms with van der Waals surface area (Å²) < 4.78 is 23.8. The number of rotatable bonds is 15. The van der Waals surface area contributed by atoms with Gasteiger partial charge in [-0.3, -0.25) is 4.84 Å². The Labute approximate surface area is 212 Å². The molecule has 0 bridgehead atoms. The molecule has 3 rings (SSSR count). The number of hydroxylamine groups is 2. The van der Waals surface area contributed by atoms with Crippen LogP contribution < -0.4 is 4.74 Å². The molecule has 0 amide bonds. The highest BCUT2D eigenvalue weighted by atomic mass is 16.7. The lowest BCUT2D eigenvalue weighted by atomic mass is 9.67. The van der Waals surface area contributed by atoms with Gasteiger partial charge in [-0.05, 0) is 50.8 Å². The van der Waals surface area contributed by atoms with Crippen molar-refractivity contribution in [3.8, 4) is 5.75 Å². The molecule has 2 aliphatic rings. The first kappa shape index (κ1) is 27.9. The highest BCUT2D eigenvalue weighted by molar-refractivity contribution is 5.27. The number of epoxide rings is 1. The topological polar surface area (TPSA) is 52.7 Å². The molecule has 0 aliphatic carbocycles. The van der Waals surface area contributed by atoms with Gasteiger partial charge in [0.15, 0.2) is 5.79 Å². The average molecular weight is 488 g/mol. The zero-order valence-electron chi connectivity index (χ0n) is 22.4. The van der Waals surface area contributed by atoms with Gasteiger partial charge in [-0.25, -0.2) is 0 Å². The first-order chi connectivity index (χ1) is 16.8. The Morgan fingerprint density at radius 3 is 2.20 bits per heavy atom. The summed E-state index contributed by atoms with van der Waals surface area (Å²) in [5, 5.41) is 2.25. The lowest BCUT2D eigenvalue weighted by Gasteiger charge is -2.62. The minimum absolute atomic E-state index is 0.0615. The Morgan fingerprint density at radius 2 is 1.69 bits per heavy atom. The van der Waals surface area contributed by atoms with Crippen molar-refractivity contribution in [2.75, 3.05) is 33.0 Å². The fourth-order valence-corrected chi connectivity index (χ4v) is 5.20. The van der Waals surface area contributed by atoms with Crippen molar-refractivity contribution in [3.05, 3.63) is 55.1 Å². The van der Waals surface area contributed by atoms with Crippen LogP contribution in [-0.2, 0) is 25.5 Å². The van der Waals surface area contributed by atoms with Crippen molar-refractivity contribution in [1.82, 2.24) is 5.06 Å². The van der Waals surface area contributed by atoms with Gasteiger partial charge in [0.1, 0.15) is 18.5 Å². The number of piperidine rings is 1. The molecule has 6 nitrogen and oxygen atoms in total.